The molecule has 1 saturated heterocycles. The quantitative estimate of drug-likeness (QED) is 0.850. The van der Waals surface area contributed by atoms with E-state index in [9.17, 15) is 4.79 Å². The smallest absolute Gasteiger partial charge is 0.255 e. The van der Waals surface area contributed by atoms with Crippen LogP contribution in [-0.4, -0.2) is 33.9 Å². The highest BCUT2D eigenvalue weighted by atomic mass is 16.2. The van der Waals surface area contributed by atoms with Gasteiger partial charge in [0.25, 0.3) is 5.91 Å². The third-order valence-electron chi connectivity index (χ3n) is 3.91. The van der Waals surface area contributed by atoms with Crippen molar-refractivity contribution >= 4 is 5.91 Å². The van der Waals surface area contributed by atoms with Gasteiger partial charge in [-0.2, -0.15) is 0 Å². The standard InChI is InChI=1S/C17H19N3O/c1-13-4-3-9-20(12-13)17(21)15-6-7-16(19-11-15)14-5-2-8-18-10-14/h2,5-8,10-11,13H,3-4,9,12H2,1H3. The molecule has 4 nitrogen and oxygen atoms in total. The Bertz CT molecular complexity index is 610. The molecule has 1 unspecified atom stereocenters. The Hall–Kier alpha value is -2.23. The second-order valence-electron chi connectivity index (χ2n) is 5.67. The van der Waals surface area contributed by atoms with Crippen LogP contribution < -0.4 is 0 Å². The van der Waals surface area contributed by atoms with Crippen molar-refractivity contribution in [3.05, 3.63) is 48.4 Å². The lowest BCUT2D eigenvalue weighted by Crippen LogP contribution is -2.39. The van der Waals surface area contributed by atoms with E-state index >= 15 is 0 Å². The van der Waals surface area contributed by atoms with Gasteiger partial charge in [0, 0.05) is 37.2 Å². The third kappa shape index (κ3) is 3.10. The van der Waals surface area contributed by atoms with E-state index in [4.69, 9.17) is 0 Å². The van der Waals surface area contributed by atoms with Crippen molar-refractivity contribution in [1.82, 2.24) is 14.9 Å². The van der Waals surface area contributed by atoms with Gasteiger partial charge < -0.3 is 4.90 Å². The van der Waals surface area contributed by atoms with Crippen LogP contribution in [0.25, 0.3) is 11.3 Å². The van der Waals surface area contributed by atoms with Crippen molar-refractivity contribution in [3.63, 3.8) is 0 Å². The molecule has 0 N–H and O–H groups in total. The van der Waals surface area contributed by atoms with Crippen LogP contribution in [0.2, 0.25) is 0 Å². The molecule has 1 fully saturated rings. The van der Waals surface area contributed by atoms with Crippen LogP contribution in [0.15, 0.2) is 42.9 Å². The highest BCUT2D eigenvalue weighted by Crippen LogP contribution is 2.19. The molecule has 1 atom stereocenters. The maximum atomic E-state index is 12.5. The van der Waals surface area contributed by atoms with Crippen molar-refractivity contribution in [2.75, 3.05) is 13.1 Å². The van der Waals surface area contributed by atoms with E-state index in [2.05, 4.69) is 16.9 Å². The molecule has 0 saturated carbocycles. The lowest BCUT2D eigenvalue weighted by molar-refractivity contribution is 0.0682. The maximum absolute atomic E-state index is 12.5. The number of carbonyl (C=O) groups is 1. The summed E-state index contributed by atoms with van der Waals surface area (Å²) in [5, 5.41) is 0. The van der Waals surface area contributed by atoms with Gasteiger partial charge in [0.15, 0.2) is 0 Å². The summed E-state index contributed by atoms with van der Waals surface area (Å²) in [7, 11) is 0. The molecule has 2 aromatic rings. The highest BCUT2D eigenvalue weighted by Gasteiger charge is 2.22. The van der Waals surface area contributed by atoms with Crippen LogP contribution in [0, 0.1) is 5.92 Å². The summed E-state index contributed by atoms with van der Waals surface area (Å²) < 4.78 is 0. The van der Waals surface area contributed by atoms with Gasteiger partial charge in [0.1, 0.15) is 0 Å². The molecule has 2 aromatic heterocycles. The summed E-state index contributed by atoms with van der Waals surface area (Å²) in [5.74, 6) is 0.678. The molecule has 0 bridgehead atoms. The molecule has 1 amide bonds. The summed E-state index contributed by atoms with van der Waals surface area (Å²) in [5.41, 5.74) is 2.46. The molecule has 0 radical (unpaired) electrons. The van der Waals surface area contributed by atoms with Gasteiger partial charge in [-0.05, 0) is 43.0 Å². The van der Waals surface area contributed by atoms with E-state index in [0.29, 0.717) is 11.5 Å². The van der Waals surface area contributed by atoms with Crippen molar-refractivity contribution in [3.8, 4) is 11.3 Å². The topological polar surface area (TPSA) is 46.1 Å². The lowest BCUT2D eigenvalue weighted by Gasteiger charge is -2.30. The third-order valence-corrected chi connectivity index (χ3v) is 3.91. The van der Waals surface area contributed by atoms with Crippen LogP contribution in [0.1, 0.15) is 30.1 Å². The molecular weight excluding hydrogens is 262 g/mol. The SMILES string of the molecule is CC1CCCN(C(=O)c2ccc(-c3cccnc3)nc2)C1. The first kappa shape index (κ1) is 13.7. The Morgan fingerprint density at radius 2 is 2.19 bits per heavy atom. The normalized spacial score (nSPS) is 18.5. The average Bonchev–Trinajstić information content (AvgIpc) is 2.55. The second kappa shape index (κ2) is 6.04. The number of likely N-dealkylation sites (tertiary alicyclic amines) is 1. The molecule has 3 heterocycles. The van der Waals surface area contributed by atoms with Crippen LogP contribution in [0.5, 0.6) is 0 Å². The fraction of sp³-hybridized carbons (Fsp3) is 0.353. The van der Waals surface area contributed by atoms with Gasteiger partial charge in [0.05, 0.1) is 11.3 Å². The fourth-order valence-corrected chi connectivity index (χ4v) is 2.76. The van der Waals surface area contributed by atoms with E-state index in [0.717, 1.165) is 30.8 Å². The predicted octanol–water partition coefficient (Wildman–Crippen LogP) is 3.02. The van der Waals surface area contributed by atoms with E-state index in [1.54, 1.807) is 18.6 Å². The minimum atomic E-state index is 0.0896. The molecule has 4 heteroatoms. The monoisotopic (exact) mass is 281 g/mol. The summed E-state index contributed by atoms with van der Waals surface area (Å²) in [4.78, 5) is 22.9. The lowest BCUT2D eigenvalue weighted by atomic mass is 9.99. The number of hydrogen-bond donors (Lipinski definition) is 0. The zero-order valence-electron chi connectivity index (χ0n) is 12.2. The number of piperidine rings is 1. The molecule has 0 spiro atoms. The van der Waals surface area contributed by atoms with Crippen molar-refractivity contribution in [2.45, 2.75) is 19.8 Å². The maximum Gasteiger partial charge on any atom is 0.255 e. The first-order chi connectivity index (χ1) is 10.2. The van der Waals surface area contributed by atoms with Crippen molar-refractivity contribution < 1.29 is 4.79 Å². The van der Waals surface area contributed by atoms with Gasteiger partial charge in [-0.15, -0.1) is 0 Å². The van der Waals surface area contributed by atoms with E-state index < -0.39 is 0 Å². The molecule has 0 aliphatic carbocycles. The number of aromatic nitrogens is 2. The molecule has 1 aliphatic rings. The van der Waals surface area contributed by atoms with E-state index in [1.807, 2.05) is 29.2 Å². The number of carbonyl (C=O) groups excluding carboxylic acids is 1. The van der Waals surface area contributed by atoms with Crippen LogP contribution in [-0.2, 0) is 0 Å². The summed E-state index contributed by atoms with van der Waals surface area (Å²) in [6.45, 7) is 3.90. The number of pyridine rings is 2. The first-order valence-electron chi connectivity index (χ1n) is 7.40. The van der Waals surface area contributed by atoms with Gasteiger partial charge in [-0.3, -0.25) is 14.8 Å². The number of hydrogen-bond acceptors (Lipinski definition) is 3. The van der Waals surface area contributed by atoms with Crippen molar-refractivity contribution in [1.29, 1.82) is 0 Å². The molecule has 1 aliphatic heterocycles. The number of rotatable bonds is 2. The number of amides is 1. The van der Waals surface area contributed by atoms with E-state index in [-0.39, 0.29) is 5.91 Å². The fourth-order valence-electron chi connectivity index (χ4n) is 2.76. The summed E-state index contributed by atoms with van der Waals surface area (Å²) in [6, 6.07) is 7.59. The average molecular weight is 281 g/mol. The van der Waals surface area contributed by atoms with Crippen LogP contribution in [0.4, 0.5) is 0 Å². The molecule has 0 aromatic carbocycles. The number of nitrogens with zero attached hydrogens (tertiary/aromatic N) is 3. The molecule has 3 rings (SSSR count). The van der Waals surface area contributed by atoms with Crippen LogP contribution >= 0.6 is 0 Å². The zero-order valence-corrected chi connectivity index (χ0v) is 12.2. The summed E-state index contributed by atoms with van der Waals surface area (Å²) >= 11 is 0. The van der Waals surface area contributed by atoms with Gasteiger partial charge in [-0.1, -0.05) is 6.92 Å². The Kier molecular flexibility index (Phi) is 3.95. The first-order valence-corrected chi connectivity index (χ1v) is 7.40. The van der Waals surface area contributed by atoms with Crippen molar-refractivity contribution in [2.24, 2.45) is 5.92 Å². The molecular formula is C17H19N3O. The summed E-state index contributed by atoms with van der Waals surface area (Å²) in [6.07, 6.45) is 7.48. The Morgan fingerprint density at radius 3 is 2.86 bits per heavy atom. The van der Waals surface area contributed by atoms with Crippen LogP contribution in [0.3, 0.4) is 0 Å². The van der Waals surface area contributed by atoms with Gasteiger partial charge in [0.2, 0.25) is 0 Å². The van der Waals surface area contributed by atoms with E-state index in [1.165, 1.54) is 6.42 Å². The minimum Gasteiger partial charge on any atom is -0.338 e. The van der Waals surface area contributed by atoms with Gasteiger partial charge in [-0.25, -0.2) is 0 Å². The largest absolute Gasteiger partial charge is 0.338 e. The predicted molar refractivity (Wildman–Crippen MR) is 81.8 cm³/mol. The van der Waals surface area contributed by atoms with Gasteiger partial charge >= 0.3 is 0 Å². The minimum absolute atomic E-state index is 0.0896. The highest BCUT2D eigenvalue weighted by molar-refractivity contribution is 5.94. The molecule has 108 valence electrons. The Balaban J connectivity index is 1.76. The second-order valence-corrected chi connectivity index (χ2v) is 5.67. The Morgan fingerprint density at radius 1 is 1.29 bits per heavy atom. The molecule has 21 heavy (non-hydrogen) atoms. The zero-order chi connectivity index (χ0) is 14.7. The Labute approximate surface area is 124 Å².